The first-order chi connectivity index (χ1) is 16.5. The van der Waals surface area contributed by atoms with Gasteiger partial charge in [0.25, 0.3) is 5.91 Å². The van der Waals surface area contributed by atoms with E-state index >= 15 is 0 Å². The molecule has 34 heavy (non-hydrogen) atoms. The number of nitrogen functional groups attached to an aromatic ring is 1. The number of thiophene rings is 1. The number of anilines is 2. The molecule has 3 aliphatic rings. The molecule has 2 saturated heterocycles. The molecule has 0 bridgehead atoms. The fourth-order valence-corrected chi connectivity index (χ4v) is 6.65. The Labute approximate surface area is 202 Å². The minimum atomic E-state index is -0.142. The van der Waals surface area contributed by atoms with Crippen LogP contribution in [-0.2, 0) is 17.6 Å². The Hall–Kier alpha value is -2.82. The highest BCUT2D eigenvalue weighted by atomic mass is 32.1. The summed E-state index contributed by atoms with van der Waals surface area (Å²) < 4.78 is 5.92. The molecular formula is C24H29N7O2S. The zero-order valence-corrected chi connectivity index (χ0v) is 20.2. The second-order valence-electron chi connectivity index (χ2n) is 9.58. The second kappa shape index (κ2) is 8.14. The summed E-state index contributed by atoms with van der Waals surface area (Å²) in [6.45, 7) is 4.62. The Balaban J connectivity index is 1.15. The van der Waals surface area contributed by atoms with Crippen molar-refractivity contribution in [2.45, 2.75) is 50.3 Å². The molecule has 6 rings (SSSR count). The van der Waals surface area contributed by atoms with Gasteiger partial charge < -0.3 is 26.0 Å². The van der Waals surface area contributed by atoms with Gasteiger partial charge in [-0.1, -0.05) is 6.07 Å². The maximum Gasteiger partial charge on any atom is 0.263 e. The molecule has 3 aromatic rings. The predicted octanol–water partition coefficient (Wildman–Crippen LogP) is 1.83. The number of aryl methyl sites for hydroxylation is 2. The zero-order valence-electron chi connectivity index (χ0n) is 19.4. The lowest BCUT2D eigenvalue weighted by atomic mass is 9.91. The van der Waals surface area contributed by atoms with Crippen LogP contribution in [0.15, 0.2) is 18.3 Å². The van der Waals surface area contributed by atoms with Gasteiger partial charge in [-0.3, -0.25) is 4.79 Å². The van der Waals surface area contributed by atoms with Crippen molar-refractivity contribution >= 4 is 39.0 Å². The van der Waals surface area contributed by atoms with E-state index in [1.165, 1.54) is 16.9 Å². The lowest BCUT2D eigenvalue weighted by Gasteiger charge is -2.28. The van der Waals surface area contributed by atoms with Crippen LogP contribution < -0.4 is 21.3 Å². The van der Waals surface area contributed by atoms with Crippen molar-refractivity contribution < 1.29 is 9.53 Å². The molecule has 1 aliphatic carbocycles. The fourth-order valence-electron chi connectivity index (χ4n) is 5.63. The molecule has 0 saturated carbocycles. The number of carbonyl (C=O) groups excluding carboxylic acids is 1. The second-order valence-corrected chi connectivity index (χ2v) is 10.6. The number of fused-ring (bicyclic) bond motifs is 3. The first-order valence-electron chi connectivity index (χ1n) is 11.8. The highest BCUT2D eigenvalue weighted by Crippen LogP contribution is 2.36. The summed E-state index contributed by atoms with van der Waals surface area (Å²) in [7, 11) is 1.82. The summed E-state index contributed by atoms with van der Waals surface area (Å²) in [5.41, 5.74) is 8.92. The van der Waals surface area contributed by atoms with E-state index in [9.17, 15) is 4.79 Å². The molecule has 3 unspecified atom stereocenters. The minimum Gasteiger partial charge on any atom is -0.397 e. The van der Waals surface area contributed by atoms with E-state index in [2.05, 4.69) is 37.6 Å². The topological polar surface area (TPSA) is 118 Å². The number of ether oxygens (including phenoxy) is 1. The Morgan fingerprint density at radius 2 is 2.26 bits per heavy atom. The van der Waals surface area contributed by atoms with Crippen LogP contribution in [0.5, 0.6) is 0 Å². The number of carbonyl (C=O) groups is 1. The average molecular weight is 480 g/mol. The van der Waals surface area contributed by atoms with Gasteiger partial charge >= 0.3 is 0 Å². The van der Waals surface area contributed by atoms with Gasteiger partial charge in [-0.2, -0.15) is 0 Å². The van der Waals surface area contributed by atoms with E-state index in [1.54, 1.807) is 6.20 Å². The van der Waals surface area contributed by atoms with Crippen molar-refractivity contribution in [3.63, 3.8) is 0 Å². The van der Waals surface area contributed by atoms with Gasteiger partial charge in [0.05, 0.1) is 23.7 Å². The van der Waals surface area contributed by atoms with Gasteiger partial charge in [0.15, 0.2) is 0 Å². The van der Waals surface area contributed by atoms with Crippen molar-refractivity contribution in [3.8, 4) is 0 Å². The number of amides is 1. The molecule has 10 heteroatoms. The standard InChI is InChI=1S/C24H29N7O2S/c1-13-27-10-16-20(25)21(34-23(16)28-13)22(32)29-15-4-5-17-14(9-15)3-6-19(30-17)31-11-18-24(12-31,33-2)7-8-26-18/h3,6,10,15,18,26H,4-5,7-9,11-12,25H2,1-2H3,(H,29,32). The van der Waals surface area contributed by atoms with Crippen molar-refractivity contribution in [3.05, 3.63) is 40.3 Å². The summed E-state index contributed by atoms with van der Waals surface area (Å²) >= 11 is 1.32. The van der Waals surface area contributed by atoms with Crippen molar-refractivity contribution in [2.75, 3.05) is 37.4 Å². The number of hydrogen-bond donors (Lipinski definition) is 3. The smallest absolute Gasteiger partial charge is 0.263 e. The minimum absolute atomic E-state index is 0.0530. The van der Waals surface area contributed by atoms with E-state index in [-0.39, 0.29) is 17.6 Å². The summed E-state index contributed by atoms with van der Waals surface area (Å²) in [5, 5.41) is 7.50. The first-order valence-corrected chi connectivity index (χ1v) is 12.6. The number of hydrogen-bond acceptors (Lipinski definition) is 9. The van der Waals surface area contributed by atoms with E-state index in [4.69, 9.17) is 15.5 Å². The Kier molecular flexibility index (Phi) is 5.20. The molecule has 0 spiro atoms. The third-order valence-corrected chi connectivity index (χ3v) is 8.68. The Bertz CT molecular complexity index is 1280. The van der Waals surface area contributed by atoms with E-state index in [0.717, 1.165) is 67.0 Å². The maximum absolute atomic E-state index is 13.0. The van der Waals surface area contributed by atoms with Crippen molar-refractivity contribution in [2.24, 2.45) is 0 Å². The lowest BCUT2D eigenvalue weighted by Crippen LogP contribution is -2.42. The number of methoxy groups -OCH3 is 1. The number of nitrogens with zero attached hydrogens (tertiary/aromatic N) is 4. The lowest BCUT2D eigenvalue weighted by molar-refractivity contribution is 0.00766. The molecule has 3 atom stereocenters. The van der Waals surface area contributed by atoms with Gasteiger partial charge in [-0.15, -0.1) is 11.3 Å². The summed E-state index contributed by atoms with van der Waals surface area (Å²) in [5.74, 6) is 1.54. The quantitative estimate of drug-likeness (QED) is 0.519. The molecule has 4 N–H and O–H groups in total. The molecule has 2 aliphatic heterocycles. The zero-order chi connectivity index (χ0) is 23.4. The molecule has 0 aromatic carbocycles. The van der Waals surface area contributed by atoms with Crippen molar-refractivity contribution in [1.29, 1.82) is 0 Å². The Morgan fingerprint density at radius 1 is 1.38 bits per heavy atom. The van der Waals surface area contributed by atoms with Gasteiger partial charge in [-0.05, 0) is 50.8 Å². The molecule has 5 heterocycles. The monoisotopic (exact) mass is 479 g/mol. The molecule has 0 radical (unpaired) electrons. The van der Waals surface area contributed by atoms with Gasteiger partial charge in [0.2, 0.25) is 0 Å². The van der Waals surface area contributed by atoms with E-state index in [0.29, 0.717) is 22.4 Å². The van der Waals surface area contributed by atoms with Gasteiger partial charge in [-0.25, -0.2) is 15.0 Å². The Morgan fingerprint density at radius 3 is 3.09 bits per heavy atom. The third-order valence-electron chi connectivity index (χ3n) is 7.56. The number of nitrogens with one attached hydrogen (secondary N) is 2. The van der Waals surface area contributed by atoms with Crippen LogP contribution >= 0.6 is 11.3 Å². The molecule has 1 amide bonds. The predicted molar refractivity (Wildman–Crippen MR) is 132 cm³/mol. The SMILES string of the molecule is COC12CCNC1CN(c1ccc3c(n1)CCC(NC(=O)c1sc4nc(C)ncc4c1N)C3)C2. The number of rotatable bonds is 4. The number of pyridine rings is 1. The molecule has 178 valence electrons. The van der Waals surface area contributed by atoms with Crippen LogP contribution in [0.3, 0.4) is 0 Å². The van der Waals surface area contributed by atoms with Crippen molar-refractivity contribution in [1.82, 2.24) is 25.6 Å². The van der Waals surface area contributed by atoms with E-state index < -0.39 is 0 Å². The third kappa shape index (κ3) is 3.52. The van der Waals surface area contributed by atoms with Crippen LogP contribution in [0.1, 0.15) is 39.6 Å². The van der Waals surface area contributed by atoms with Crippen LogP contribution in [0, 0.1) is 6.92 Å². The highest BCUT2D eigenvalue weighted by Gasteiger charge is 2.50. The fraction of sp³-hybridized carbons (Fsp3) is 0.500. The van der Waals surface area contributed by atoms with Crippen LogP contribution in [-0.4, -0.2) is 65.3 Å². The maximum atomic E-state index is 13.0. The first kappa shape index (κ1) is 21.7. The van der Waals surface area contributed by atoms with Gasteiger partial charge in [0, 0.05) is 31.6 Å². The summed E-state index contributed by atoms with van der Waals surface area (Å²) in [6, 6.07) is 4.69. The van der Waals surface area contributed by atoms with Crippen LogP contribution in [0.4, 0.5) is 11.5 Å². The number of nitrogens with two attached hydrogens (primary N) is 1. The van der Waals surface area contributed by atoms with E-state index in [1.807, 2.05) is 14.0 Å². The van der Waals surface area contributed by atoms with Crippen LogP contribution in [0.2, 0.25) is 0 Å². The van der Waals surface area contributed by atoms with Gasteiger partial charge in [0.1, 0.15) is 27.0 Å². The number of aromatic nitrogens is 3. The molecule has 3 aromatic heterocycles. The van der Waals surface area contributed by atoms with Crippen LogP contribution in [0.25, 0.3) is 10.2 Å². The largest absolute Gasteiger partial charge is 0.397 e. The highest BCUT2D eigenvalue weighted by molar-refractivity contribution is 7.21. The molecule has 9 nitrogen and oxygen atoms in total. The molecule has 2 fully saturated rings. The molecular weight excluding hydrogens is 450 g/mol. The summed E-state index contributed by atoms with van der Waals surface area (Å²) in [4.78, 5) is 30.2. The summed E-state index contributed by atoms with van der Waals surface area (Å²) in [6.07, 6.45) is 5.19. The average Bonchev–Trinajstić information content (AvgIpc) is 3.49. The normalized spacial score (nSPS) is 26.0.